The first-order valence-corrected chi connectivity index (χ1v) is 20.7. The lowest BCUT2D eigenvalue weighted by molar-refractivity contribution is 1.05. The van der Waals surface area contributed by atoms with Crippen LogP contribution in [0.4, 0.5) is 0 Å². The normalized spacial score (nSPS) is 11.9. The average molecular weight is 809 g/mol. The maximum absolute atomic E-state index is 5.34. The van der Waals surface area contributed by atoms with Crippen molar-refractivity contribution in [2.75, 3.05) is 0 Å². The van der Waals surface area contributed by atoms with Gasteiger partial charge in [-0.2, -0.15) is 0 Å². The van der Waals surface area contributed by atoms with Crippen LogP contribution in [0.15, 0.2) is 186 Å². The molecule has 0 aliphatic heterocycles. The molecular formula is C52H30BrN3S. The molecule has 0 unspecified atom stereocenters. The third kappa shape index (κ3) is 5.16. The number of hydrogen-bond donors (Lipinski definition) is 0. The number of aromatic nitrogens is 3. The summed E-state index contributed by atoms with van der Waals surface area (Å²) >= 11 is 5.68. The molecule has 0 bridgehead atoms. The van der Waals surface area contributed by atoms with Gasteiger partial charge in [-0.3, -0.25) is 4.57 Å². The van der Waals surface area contributed by atoms with Crippen molar-refractivity contribution >= 4 is 102 Å². The Morgan fingerprint density at radius 3 is 1.58 bits per heavy atom. The fourth-order valence-corrected chi connectivity index (χ4v) is 10.3. The molecule has 0 aliphatic rings. The fraction of sp³-hybridized carbons (Fsp3) is 0. The van der Waals surface area contributed by atoms with Crippen LogP contribution in [-0.4, -0.2) is 14.5 Å². The molecule has 0 aliphatic carbocycles. The Balaban J connectivity index is 1.13. The molecule has 12 rings (SSSR count). The minimum Gasteiger partial charge on any atom is -0.294 e. The monoisotopic (exact) mass is 807 g/mol. The van der Waals surface area contributed by atoms with Gasteiger partial charge in [-0.05, 0) is 85.9 Å². The average Bonchev–Trinajstić information content (AvgIpc) is 3.79. The largest absolute Gasteiger partial charge is 0.294 e. The molecule has 3 heterocycles. The zero-order valence-corrected chi connectivity index (χ0v) is 32.9. The number of fused-ring (bicyclic) bond motifs is 12. The van der Waals surface area contributed by atoms with Gasteiger partial charge in [0.05, 0.1) is 16.7 Å². The molecule has 0 atom stereocenters. The summed E-state index contributed by atoms with van der Waals surface area (Å²) in [5.74, 6) is 1.52. The highest BCUT2D eigenvalue weighted by molar-refractivity contribution is 9.10. The smallest absolute Gasteiger partial charge is 0.162 e. The van der Waals surface area contributed by atoms with Crippen LogP contribution in [0.1, 0.15) is 0 Å². The van der Waals surface area contributed by atoms with Crippen molar-refractivity contribution in [3.63, 3.8) is 0 Å². The third-order valence-corrected chi connectivity index (χ3v) is 13.1. The molecule has 57 heavy (non-hydrogen) atoms. The van der Waals surface area contributed by atoms with Crippen LogP contribution in [0, 0.1) is 0 Å². The first-order valence-electron chi connectivity index (χ1n) is 19.1. The van der Waals surface area contributed by atoms with E-state index in [4.69, 9.17) is 9.97 Å². The standard InChI is InChI=1S/C52H30BrN3S/c53-35-23-24-47-42(25-35)43-29-50-45(44-26-40-38-17-9-7-15-36(38)37-16-8-10-18-39(37)41(40)28-49(44)57-50)27-48(43)56(47)51-30-46(54-52(55-51)34-13-5-2-6-14-34)33-21-19-32(20-22-33)31-11-3-1-4-12-31/h1-30H. The first-order chi connectivity index (χ1) is 28.1. The molecule has 3 nitrogen and oxygen atoms in total. The van der Waals surface area contributed by atoms with E-state index >= 15 is 0 Å². The van der Waals surface area contributed by atoms with Gasteiger partial charge in [0.25, 0.3) is 0 Å². The van der Waals surface area contributed by atoms with Crippen molar-refractivity contribution < 1.29 is 0 Å². The van der Waals surface area contributed by atoms with Gasteiger partial charge in [-0.25, -0.2) is 9.97 Å². The van der Waals surface area contributed by atoms with Crippen LogP contribution in [-0.2, 0) is 0 Å². The summed E-state index contributed by atoms with van der Waals surface area (Å²) in [5.41, 5.74) is 7.46. The van der Waals surface area contributed by atoms with Crippen LogP contribution in [0.3, 0.4) is 0 Å². The van der Waals surface area contributed by atoms with E-state index in [-0.39, 0.29) is 0 Å². The molecule has 0 fully saturated rings. The molecule has 3 aromatic heterocycles. The second-order valence-electron chi connectivity index (χ2n) is 14.7. The van der Waals surface area contributed by atoms with Gasteiger partial charge in [0.15, 0.2) is 5.82 Å². The topological polar surface area (TPSA) is 30.7 Å². The zero-order chi connectivity index (χ0) is 37.6. The van der Waals surface area contributed by atoms with Crippen LogP contribution in [0.2, 0.25) is 0 Å². The number of thiophene rings is 1. The summed E-state index contributed by atoms with van der Waals surface area (Å²) in [4.78, 5) is 10.5. The van der Waals surface area contributed by atoms with Gasteiger partial charge in [-0.1, -0.05) is 149 Å². The number of nitrogens with zero attached hydrogens (tertiary/aromatic N) is 3. The number of rotatable bonds is 4. The quantitative estimate of drug-likeness (QED) is 0.166. The summed E-state index contributed by atoms with van der Waals surface area (Å²) in [7, 11) is 0. The summed E-state index contributed by atoms with van der Waals surface area (Å²) in [5, 5.41) is 12.6. The Bertz CT molecular complexity index is 3570. The van der Waals surface area contributed by atoms with Crippen molar-refractivity contribution in [3.8, 4) is 39.6 Å². The number of hydrogen-bond acceptors (Lipinski definition) is 3. The predicted molar refractivity (Wildman–Crippen MR) is 246 cm³/mol. The Kier molecular flexibility index (Phi) is 7.25. The Hall–Kier alpha value is -6.66. The highest BCUT2D eigenvalue weighted by atomic mass is 79.9. The van der Waals surface area contributed by atoms with Gasteiger partial charge < -0.3 is 0 Å². The second kappa shape index (κ2) is 12.7. The Labute approximate surface area is 340 Å². The van der Waals surface area contributed by atoms with E-state index < -0.39 is 0 Å². The summed E-state index contributed by atoms with van der Waals surface area (Å²) in [6, 6.07) is 65.5. The summed E-state index contributed by atoms with van der Waals surface area (Å²) < 4.78 is 5.94. The van der Waals surface area contributed by atoms with Gasteiger partial charge in [0.2, 0.25) is 0 Å². The molecule has 9 aromatic carbocycles. The van der Waals surface area contributed by atoms with Crippen LogP contribution in [0.25, 0.3) is 114 Å². The van der Waals surface area contributed by atoms with Crippen LogP contribution in [0.5, 0.6) is 0 Å². The summed E-state index contributed by atoms with van der Waals surface area (Å²) in [6.07, 6.45) is 0. The van der Waals surface area contributed by atoms with E-state index in [1.165, 1.54) is 74.4 Å². The molecule has 12 aromatic rings. The molecule has 5 heteroatoms. The molecule has 0 amide bonds. The van der Waals surface area contributed by atoms with Gasteiger partial charge in [-0.15, -0.1) is 11.3 Å². The molecule has 266 valence electrons. The van der Waals surface area contributed by atoms with Gasteiger partial charge >= 0.3 is 0 Å². The van der Waals surface area contributed by atoms with Crippen molar-refractivity contribution in [1.82, 2.24) is 14.5 Å². The lowest BCUT2D eigenvalue weighted by atomic mass is 9.93. The predicted octanol–water partition coefficient (Wildman–Crippen LogP) is 15.2. The van der Waals surface area contributed by atoms with Gasteiger partial charge in [0.1, 0.15) is 5.82 Å². The lowest BCUT2D eigenvalue weighted by Crippen LogP contribution is -2.02. The van der Waals surface area contributed by atoms with E-state index in [9.17, 15) is 0 Å². The zero-order valence-electron chi connectivity index (χ0n) is 30.4. The van der Waals surface area contributed by atoms with E-state index in [2.05, 4.69) is 184 Å². The Morgan fingerprint density at radius 2 is 0.895 bits per heavy atom. The van der Waals surface area contributed by atoms with E-state index in [1.54, 1.807) is 0 Å². The molecular weight excluding hydrogens is 779 g/mol. The number of benzene rings is 9. The van der Waals surface area contributed by atoms with E-state index in [0.29, 0.717) is 5.82 Å². The van der Waals surface area contributed by atoms with Crippen molar-refractivity contribution in [1.29, 1.82) is 0 Å². The maximum Gasteiger partial charge on any atom is 0.162 e. The highest BCUT2D eigenvalue weighted by Gasteiger charge is 2.20. The van der Waals surface area contributed by atoms with Crippen molar-refractivity contribution in [3.05, 3.63) is 186 Å². The van der Waals surface area contributed by atoms with Gasteiger partial charge in [0, 0.05) is 52.6 Å². The maximum atomic E-state index is 5.34. The first kappa shape index (κ1) is 32.6. The van der Waals surface area contributed by atoms with Crippen LogP contribution < -0.4 is 0 Å². The minimum atomic E-state index is 0.690. The van der Waals surface area contributed by atoms with E-state index in [0.717, 1.165) is 38.1 Å². The molecule has 0 N–H and O–H groups in total. The molecule has 0 saturated carbocycles. The van der Waals surface area contributed by atoms with Crippen molar-refractivity contribution in [2.24, 2.45) is 0 Å². The Morgan fingerprint density at radius 1 is 0.368 bits per heavy atom. The lowest BCUT2D eigenvalue weighted by Gasteiger charge is -2.13. The summed E-state index contributed by atoms with van der Waals surface area (Å²) in [6.45, 7) is 0. The molecule has 0 saturated heterocycles. The third-order valence-electron chi connectivity index (χ3n) is 11.4. The SMILES string of the molecule is Brc1ccc2c(c1)c1cc3sc4cc5c6ccccc6c6ccccc6c5cc4c3cc1n2-c1cc(-c2ccc(-c3ccccc3)cc2)nc(-c2ccccc2)n1. The van der Waals surface area contributed by atoms with Crippen molar-refractivity contribution in [2.45, 2.75) is 0 Å². The fourth-order valence-electron chi connectivity index (χ4n) is 8.78. The molecule has 0 radical (unpaired) electrons. The molecule has 0 spiro atoms. The highest BCUT2D eigenvalue weighted by Crippen LogP contribution is 2.45. The minimum absolute atomic E-state index is 0.690. The van der Waals surface area contributed by atoms with Crippen LogP contribution >= 0.6 is 27.3 Å². The van der Waals surface area contributed by atoms with E-state index in [1.807, 2.05) is 29.5 Å². The second-order valence-corrected chi connectivity index (χ2v) is 16.7. The number of halogens is 1.